The number of carbonyl (C=O) groups is 5. The normalized spacial score (nSPS) is 34.3. The topological polar surface area (TPSA) is 168 Å². The molecule has 36 heavy (non-hydrogen) atoms. The molecular weight excluding hydrogens is 470 g/mol. The summed E-state index contributed by atoms with van der Waals surface area (Å²) in [5.41, 5.74) is 3.64. The molecule has 1 aromatic carbocycles. The van der Waals surface area contributed by atoms with Gasteiger partial charge in [0, 0.05) is 19.0 Å². The third-order valence-electron chi connectivity index (χ3n) is 8.26. The van der Waals surface area contributed by atoms with E-state index in [0.29, 0.717) is 37.6 Å². The summed E-state index contributed by atoms with van der Waals surface area (Å²) < 4.78 is 5.35. The molecule has 1 aromatic rings. The molecule has 3 aliphatic carbocycles. The quantitative estimate of drug-likeness (QED) is 0.425. The van der Waals surface area contributed by atoms with E-state index < -0.39 is 64.4 Å². The first-order chi connectivity index (χ1) is 17.0. The summed E-state index contributed by atoms with van der Waals surface area (Å²) >= 11 is 0. The van der Waals surface area contributed by atoms with Crippen LogP contribution in [0, 0.1) is 23.7 Å². The summed E-state index contributed by atoms with van der Waals surface area (Å²) in [6.45, 7) is 1.99. The van der Waals surface area contributed by atoms with E-state index >= 15 is 0 Å². The number of ketones is 4. The van der Waals surface area contributed by atoms with Gasteiger partial charge in [0.25, 0.3) is 0 Å². The fraction of sp³-hybridized carbons (Fsp3) is 0.560. The average molecular weight is 500 g/mol. The van der Waals surface area contributed by atoms with Crippen molar-refractivity contribution in [1.29, 1.82) is 0 Å². The zero-order chi connectivity index (χ0) is 26.1. The highest BCUT2D eigenvalue weighted by atomic mass is 16.5. The number of aliphatic hydroxyl groups is 1. The fourth-order valence-corrected chi connectivity index (χ4v) is 6.63. The zero-order valence-corrected chi connectivity index (χ0v) is 20.1. The van der Waals surface area contributed by atoms with E-state index in [9.17, 15) is 34.2 Å². The molecule has 2 saturated carbocycles. The predicted octanol–water partition coefficient (Wildman–Crippen LogP) is -1.30. The van der Waals surface area contributed by atoms with Crippen molar-refractivity contribution in [3.8, 4) is 5.75 Å². The smallest absolute Gasteiger partial charge is 0.235 e. The van der Waals surface area contributed by atoms with Crippen molar-refractivity contribution in [1.82, 2.24) is 4.90 Å². The highest BCUT2D eigenvalue weighted by Gasteiger charge is 2.69. The first-order valence-corrected chi connectivity index (χ1v) is 12.0. The molecule has 0 bridgehead atoms. The van der Waals surface area contributed by atoms with Crippen molar-refractivity contribution >= 4 is 34.7 Å². The summed E-state index contributed by atoms with van der Waals surface area (Å²) in [4.78, 5) is 69.3. The Morgan fingerprint density at radius 1 is 1.14 bits per heavy atom. The Morgan fingerprint density at radius 3 is 2.42 bits per heavy atom. The number of Topliss-reactive ketones (excluding diaryl/α,β-unsaturated/α-hetero) is 4. The number of carbonyl (C=O) groups excluding carboxylic acids is 5. The molecule has 1 amide bonds. The predicted molar refractivity (Wildman–Crippen MR) is 124 cm³/mol. The van der Waals surface area contributed by atoms with Gasteiger partial charge in [-0.3, -0.25) is 28.9 Å². The second kappa shape index (κ2) is 8.46. The third-order valence-corrected chi connectivity index (χ3v) is 8.26. The third kappa shape index (κ3) is 3.26. The first kappa shape index (κ1) is 24.5. The number of ether oxygens (including phenoxy) is 1. The maximum Gasteiger partial charge on any atom is 0.235 e. The molecule has 6 unspecified atom stereocenters. The van der Waals surface area contributed by atoms with Crippen LogP contribution in [0.4, 0.5) is 5.69 Å². The van der Waals surface area contributed by atoms with Crippen molar-refractivity contribution < 1.29 is 38.9 Å². The molecular formula is C25H29N3O8. The molecule has 5 rings (SSSR count). The molecule has 6 atom stereocenters. The van der Waals surface area contributed by atoms with E-state index in [4.69, 9.17) is 10.5 Å². The number of benzene rings is 1. The van der Waals surface area contributed by atoms with Crippen LogP contribution in [0.15, 0.2) is 12.1 Å². The van der Waals surface area contributed by atoms with Crippen LogP contribution in [0.5, 0.6) is 5.75 Å². The first-order valence-electron chi connectivity index (χ1n) is 12.0. The number of hydrogen-bond acceptors (Lipinski definition) is 10. The van der Waals surface area contributed by atoms with Crippen LogP contribution in [0.3, 0.4) is 0 Å². The van der Waals surface area contributed by atoms with Crippen LogP contribution >= 0.6 is 0 Å². The van der Waals surface area contributed by atoms with Crippen LogP contribution in [0.1, 0.15) is 22.3 Å². The number of aromatic hydroxyl groups is 1. The number of amides is 1. The Labute approximate surface area is 207 Å². The Morgan fingerprint density at radius 2 is 1.81 bits per heavy atom. The number of phenolic OH excluding ortho intramolecular Hbond substituents is 1. The monoisotopic (exact) mass is 499 g/mol. The number of nitrogens with zero attached hydrogens (tertiary/aromatic N) is 2. The lowest BCUT2D eigenvalue weighted by atomic mass is 9.52. The Balaban J connectivity index is 1.59. The van der Waals surface area contributed by atoms with E-state index in [-0.39, 0.29) is 24.2 Å². The molecule has 11 nitrogen and oxygen atoms in total. The number of phenols is 1. The van der Waals surface area contributed by atoms with E-state index in [0.717, 1.165) is 0 Å². The number of rotatable bonds is 3. The van der Waals surface area contributed by atoms with Crippen molar-refractivity contribution in [2.75, 3.05) is 45.3 Å². The average Bonchev–Trinajstić information content (AvgIpc) is 2.81. The van der Waals surface area contributed by atoms with Gasteiger partial charge in [-0.2, -0.15) is 0 Å². The van der Waals surface area contributed by atoms with Crippen molar-refractivity contribution in [3.63, 3.8) is 0 Å². The minimum atomic E-state index is -2.71. The molecule has 11 heteroatoms. The molecule has 4 N–H and O–H groups in total. The van der Waals surface area contributed by atoms with E-state index in [1.165, 1.54) is 4.90 Å². The van der Waals surface area contributed by atoms with Gasteiger partial charge in [-0.15, -0.1) is 0 Å². The van der Waals surface area contributed by atoms with Crippen molar-refractivity contribution in [2.24, 2.45) is 29.4 Å². The number of likely N-dealkylation sites (N-methyl/N-ethyl adjacent to an activating group) is 1. The van der Waals surface area contributed by atoms with Crippen LogP contribution in [-0.4, -0.2) is 96.2 Å². The molecule has 1 heterocycles. The van der Waals surface area contributed by atoms with E-state index in [1.54, 1.807) is 26.2 Å². The van der Waals surface area contributed by atoms with Gasteiger partial charge in [0.1, 0.15) is 5.75 Å². The van der Waals surface area contributed by atoms with Gasteiger partial charge in [0.2, 0.25) is 5.91 Å². The standard InChI is InChI=1S/C25H29N3O8/c1-27(2)18-13-10-12-9-11-3-4-14(28-5-7-36-8-6-28)19(29)15(11)20(30)16(12)22(32)25(13,35)23(33)17(21(18)31)24(26)34/h3-4,12-13,16-18,29,35H,5-10H2,1-2H3,(H2,26,34). The van der Waals surface area contributed by atoms with Crippen LogP contribution in [0.25, 0.3) is 0 Å². The Bertz CT molecular complexity index is 1190. The molecule has 0 aromatic heterocycles. The van der Waals surface area contributed by atoms with Gasteiger partial charge in [0.15, 0.2) is 34.7 Å². The minimum Gasteiger partial charge on any atom is -0.505 e. The van der Waals surface area contributed by atoms with Gasteiger partial charge in [0.05, 0.1) is 36.4 Å². The number of morpholine rings is 1. The van der Waals surface area contributed by atoms with Crippen molar-refractivity contribution in [2.45, 2.75) is 24.5 Å². The maximum atomic E-state index is 13.8. The number of fused-ring (bicyclic) bond motifs is 3. The van der Waals surface area contributed by atoms with Crippen molar-refractivity contribution in [3.05, 3.63) is 23.3 Å². The summed E-state index contributed by atoms with van der Waals surface area (Å²) in [6, 6.07) is 2.38. The summed E-state index contributed by atoms with van der Waals surface area (Å²) in [6.07, 6.45) is 0.290. The maximum absolute atomic E-state index is 13.8. The lowest BCUT2D eigenvalue weighted by molar-refractivity contribution is -0.181. The second-order valence-electron chi connectivity index (χ2n) is 10.4. The Hall–Kier alpha value is -3.15. The van der Waals surface area contributed by atoms with Crippen LogP contribution < -0.4 is 10.6 Å². The fourth-order valence-electron chi connectivity index (χ4n) is 6.63. The van der Waals surface area contributed by atoms with Gasteiger partial charge >= 0.3 is 0 Å². The minimum absolute atomic E-state index is 0.00517. The summed E-state index contributed by atoms with van der Waals surface area (Å²) in [5.74, 6) is -10.3. The molecule has 0 spiro atoms. The van der Waals surface area contributed by atoms with Gasteiger partial charge in [-0.05, 0) is 44.5 Å². The summed E-state index contributed by atoms with van der Waals surface area (Å²) in [7, 11) is 3.11. The van der Waals surface area contributed by atoms with Gasteiger partial charge in [-0.1, -0.05) is 6.07 Å². The van der Waals surface area contributed by atoms with Gasteiger partial charge < -0.3 is 25.6 Å². The number of anilines is 1. The van der Waals surface area contributed by atoms with E-state index in [1.807, 2.05) is 4.90 Å². The summed E-state index contributed by atoms with van der Waals surface area (Å²) in [5, 5.41) is 22.7. The molecule has 1 saturated heterocycles. The van der Waals surface area contributed by atoms with Crippen LogP contribution in [0.2, 0.25) is 0 Å². The molecule has 3 fully saturated rings. The number of primary amides is 1. The molecule has 0 radical (unpaired) electrons. The van der Waals surface area contributed by atoms with Crippen LogP contribution in [-0.2, 0) is 30.3 Å². The highest BCUT2D eigenvalue weighted by molar-refractivity contribution is 6.32. The lowest BCUT2D eigenvalue weighted by Gasteiger charge is -2.52. The van der Waals surface area contributed by atoms with Gasteiger partial charge in [-0.25, -0.2) is 0 Å². The lowest BCUT2D eigenvalue weighted by Crippen LogP contribution is -2.74. The highest BCUT2D eigenvalue weighted by Crippen LogP contribution is 2.51. The van der Waals surface area contributed by atoms with E-state index in [2.05, 4.69) is 0 Å². The Kier molecular flexibility index (Phi) is 5.77. The number of hydrogen-bond donors (Lipinski definition) is 3. The largest absolute Gasteiger partial charge is 0.505 e. The molecule has 1 aliphatic heterocycles. The number of nitrogens with two attached hydrogens (primary N) is 1. The SMILES string of the molecule is CN(C)C1C(=O)C(C(N)=O)C(=O)C2(O)C(=O)C3C(=O)c4c(ccc(N5CCOCC5)c4O)CC3CC12. The molecule has 192 valence electrons. The second-order valence-corrected chi connectivity index (χ2v) is 10.4. The zero-order valence-electron chi connectivity index (χ0n) is 20.1. The molecule has 4 aliphatic rings.